The summed E-state index contributed by atoms with van der Waals surface area (Å²) in [5.41, 5.74) is 1.12. The first kappa shape index (κ1) is 14.2. The zero-order chi connectivity index (χ0) is 13.5. The number of nitrogens with zero attached hydrogens (tertiary/aromatic N) is 3. The molecule has 1 unspecified atom stereocenters. The van der Waals surface area contributed by atoms with Crippen molar-refractivity contribution >= 4 is 5.95 Å². The van der Waals surface area contributed by atoms with Gasteiger partial charge >= 0.3 is 0 Å². The van der Waals surface area contributed by atoms with Crippen molar-refractivity contribution in [2.45, 2.75) is 39.3 Å². The highest BCUT2D eigenvalue weighted by Gasteiger charge is 2.19. The molecule has 0 bridgehead atoms. The van der Waals surface area contributed by atoms with Crippen molar-refractivity contribution in [3.8, 4) is 0 Å². The molecule has 0 saturated carbocycles. The molecule has 0 aromatic carbocycles. The number of likely N-dealkylation sites (N-methyl/N-ethyl adjacent to an activating group) is 1. The molecule has 1 aliphatic heterocycles. The maximum Gasteiger partial charge on any atom is 0.225 e. The predicted molar refractivity (Wildman–Crippen MR) is 76.3 cm³/mol. The van der Waals surface area contributed by atoms with Crippen molar-refractivity contribution in [3.63, 3.8) is 0 Å². The summed E-state index contributed by atoms with van der Waals surface area (Å²) < 4.78 is 5.68. The molecule has 1 aromatic heterocycles. The molecule has 1 atom stereocenters. The molecule has 1 aromatic rings. The third-order valence-corrected chi connectivity index (χ3v) is 3.38. The topological polar surface area (TPSA) is 50.3 Å². The van der Waals surface area contributed by atoms with Crippen LogP contribution in [-0.2, 0) is 11.3 Å². The Kier molecular flexibility index (Phi) is 5.54. The Balaban J connectivity index is 1.93. The molecule has 1 N–H and O–H groups in total. The number of rotatable bonds is 7. The monoisotopic (exact) mass is 264 g/mol. The van der Waals surface area contributed by atoms with E-state index in [0.717, 1.165) is 50.7 Å². The highest BCUT2D eigenvalue weighted by molar-refractivity contribution is 5.29. The van der Waals surface area contributed by atoms with Crippen LogP contribution in [0.4, 0.5) is 5.95 Å². The Hall–Kier alpha value is -1.20. The van der Waals surface area contributed by atoms with Crippen molar-refractivity contribution in [2.75, 3.05) is 31.1 Å². The summed E-state index contributed by atoms with van der Waals surface area (Å²) in [6.07, 6.45) is 6.47. The highest BCUT2D eigenvalue weighted by atomic mass is 16.5. The zero-order valence-corrected chi connectivity index (χ0v) is 11.9. The van der Waals surface area contributed by atoms with Gasteiger partial charge in [-0.1, -0.05) is 6.92 Å². The summed E-state index contributed by atoms with van der Waals surface area (Å²) in [4.78, 5) is 11.1. The van der Waals surface area contributed by atoms with Crippen LogP contribution in [0, 0.1) is 0 Å². The fourth-order valence-electron chi connectivity index (χ4n) is 2.26. The van der Waals surface area contributed by atoms with Gasteiger partial charge in [0.15, 0.2) is 0 Å². The Morgan fingerprint density at radius 2 is 2.16 bits per heavy atom. The lowest BCUT2D eigenvalue weighted by molar-refractivity contribution is 0.115. The first-order valence-corrected chi connectivity index (χ1v) is 7.21. The van der Waals surface area contributed by atoms with Gasteiger partial charge in [-0.05, 0) is 26.3 Å². The Morgan fingerprint density at radius 1 is 1.37 bits per heavy atom. The molecule has 1 aliphatic rings. The molecule has 1 fully saturated rings. The summed E-state index contributed by atoms with van der Waals surface area (Å²) in [5, 5.41) is 3.27. The van der Waals surface area contributed by atoms with Gasteiger partial charge in [-0.25, -0.2) is 9.97 Å². The molecule has 0 radical (unpaired) electrons. The molecule has 2 rings (SSSR count). The van der Waals surface area contributed by atoms with E-state index in [1.807, 2.05) is 12.4 Å². The van der Waals surface area contributed by atoms with Crippen LogP contribution in [0.15, 0.2) is 12.4 Å². The minimum atomic E-state index is 0.338. The second-order valence-corrected chi connectivity index (χ2v) is 4.85. The third-order valence-electron chi connectivity index (χ3n) is 3.38. The molecule has 5 heteroatoms. The number of hydrogen-bond acceptors (Lipinski definition) is 5. The lowest BCUT2D eigenvalue weighted by atomic mass is 10.2. The Bertz CT molecular complexity index is 362. The largest absolute Gasteiger partial charge is 0.376 e. The number of nitrogens with one attached hydrogen (secondary N) is 1. The van der Waals surface area contributed by atoms with Gasteiger partial charge in [0.25, 0.3) is 0 Å². The molecule has 5 nitrogen and oxygen atoms in total. The smallest absolute Gasteiger partial charge is 0.225 e. The summed E-state index contributed by atoms with van der Waals surface area (Å²) in [6, 6.07) is 0. The van der Waals surface area contributed by atoms with E-state index in [2.05, 4.69) is 34.0 Å². The van der Waals surface area contributed by atoms with Crippen LogP contribution in [0.3, 0.4) is 0 Å². The average Bonchev–Trinajstić information content (AvgIpc) is 2.96. The van der Waals surface area contributed by atoms with Crippen molar-refractivity contribution in [1.29, 1.82) is 0 Å². The number of aromatic nitrogens is 2. The SMILES string of the molecule is CCNCc1cnc(N(CC)CC2CCCO2)nc1. The maximum absolute atomic E-state index is 5.68. The van der Waals surface area contributed by atoms with Crippen LogP contribution in [0.1, 0.15) is 32.3 Å². The number of ether oxygens (including phenoxy) is 1. The van der Waals surface area contributed by atoms with E-state index in [1.165, 1.54) is 6.42 Å². The van der Waals surface area contributed by atoms with Gasteiger partial charge in [0.2, 0.25) is 5.95 Å². The van der Waals surface area contributed by atoms with Crippen LogP contribution in [0.25, 0.3) is 0 Å². The maximum atomic E-state index is 5.68. The summed E-state index contributed by atoms with van der Waals surface area (Å²) in [7, 11) is 0. The van der Waals surface area contributed by atoms with Gasteiger partial charge in [-0.2, -0.15) is 0 Å². The quantitative estimate of drug-likeness (QED) is 0.810. The van der Waals surface area contributed by atoms with E-state index in [0.29, 0.717) is 6.10 Å². The molecule has 1 saturated heterocycles. The fraction of sp³-hybridized carbons (Fsp3) is 0.714. The van der Waals surface area contributed by atoms with E-state index in [1.54, 1.807) is 0 Å². The normalized spacial score (nSPS) is 18.7. The van der Waals surface area contributed by atoms with Crippen LogP contribution in [0.5, 0.6) is 0 Å². The van der Waals surface area contributed by atoms with E-state index >= 15 is 0 Å². The molecule has 106 valence electrons. The second-order valence-electron chi connectivity index (χ2n) is 4.85. The van der Waals surface area contributed by atoms with Crippen LogP contribution < -0.4 is 10.2 Å². The van der Waals surface area contributed by atoms with Crippen LogP contribution >= 0.6 is 0 Å². The van der Waals surface area contributed by atoms with Gasteiger partial charge in [-0.3, -0.25) is 0 Å². The second kappa shape index (κ2) is 7.40. The molecule has 2 heterocycles. The standard InChI is InChI=1S/C14H24N4O/c1-3-15-8-12-9-16-14(17-10-12)18(4-2)11-13-6-5-7-19-13/h9-10,13,15H,3-8,11H2,1-2H3. The summed E-state index contributed by atoms with van der Waals surface area (Å²) in [6.45, 7) is 8.71. The average molecular weight is 264 g/mol. The Morgan fingerprint density at radius 3 is 2.74 bits per heavy atom. The van der Waals surface area contributed by atoms with Crippen molar-refractivity contribution in [2.24, 2.45) is 0 Å². The first-order valence-electron chi connectivity index (χ1n) is 7.21. The molecule has 0 spiro atoms. The van der Waals surface area contributed by atoms with Gasteiger partial charge < -0.3 is 15.0 Å². The lowest BCUT2D eigenvalue weighted by Gasteiger charge is -2.23. The molecular formula is C14H24N4O. The highest BCUT2D eigenvalue weighted by Crippen LogP contribution is 2.16. The van der Waals surface area contributed by atoms with Crippen molar-refractivity contribution in [1.82, 2.24) is 15.3 Å². The minimum Gasteiger partial charge on any atom is -0.376 e. The minimum absolute atomic E-state index is 0.338. The van der Waals surface area contributed by atoms with Crippen LogP contribution in [0.2, 0.25) is 0 Å². The van der Waals surface area contributed by atoms with Gasteiger partial charge in [-0.15, -0.1) is 0 Å². The van der Waals surface area contributed by atoms with Gasteiger partial charge in [0.05, 0.1) is 6.10 Å². The van der Waals surface area contributed by atoms with E-state index in [-0.39, 0.29) is 0 Å². The van der Waals surface area contributed by atoms with E-state index < -0.39 is 0 Å². The fourth-order valence-corrected chi connectivity index (χ4v) is 2.26. The predicted octanol–water partition coefficient (Wildman–Crippen LogP) is 1.59. The Labute approximate surface area is 115 Å². The first-order chi connectivity index (χ1) is 9.33. The molecule has 0 aliphatic carbocycles. The number of hydrogen-bond donors (Lipinski definition) is 1. The van der Waals surface area contributed by atoms with Crippen molar-refractivity contribution in [3.05, 3.63) is 18.0 Å². The van der Waals surface area contributed by atoms with Crippen LogP contribution in [-0.4, -0.2) is 42.3 Å². The zero-order valence-electron chi connectivity index (χ0n) is 11.9. The molecular weight excluding hydrogens is 240 g/mol. The molecule has 0 amide bonds. The van der Waals surface area contributed by atoms with Gasteiger partial charge in [0.1, 0.15) is 0 Å². The van der Waals surface area contributed by atoms with E-state index in [4.69, 9.17) is 4.74 Å². The van der Waals surface area contributed by atoms with E-state index in [9.17, 15) is 0 Å². The summed E-state index contributed by atoms with van der Waals surface area (Å²) in [5.74, 6) is 0.804. The summed E-state index contributed by atoms with van der Waals surface area (Å²) >= 11 is 0. The lowest BCUT2D eigenvalue weighted by Crippen LogP contribution is -2.33. The number of anilines is 1. The van der Waals surface area contributed by atoms with Gasteiger partial charge in [0, 0.05) is 44.2 Å². The molecule has 19 heavy (non-hydrogen) atoms. The van der Waals surface area contributed by atoms with Crippen molar-refractivity contribution < 1.29 is 4.74 Å². The third kappa shape index (κ3) is 4.14.